The maximum absolute atomic E-state index is 10.4. The Bertz CT molecular complexity index is 729. The predicted molar refractivity (Wildman–Crippen MR) is 96.5 cm³/mol. The fraction of sp³-hybridized carbons (Fsp3) is 0.158. The zero-order chi connectivity index (χ0) is 14.7. The van der Waals surface area contributed by atoms with Crippen molar-refractivity contribution in [2.24, 2.45) is 0 Å². The molecule has 1 nitrogen and oxygen atoms in total. The van der Waals surface area contributed by atoms with Gasteiger partial charge in [-0.2, -0.15) is 0 Å². The molecule has 1 N–H and O–H groups in total. The van der Waals surface area contributed by atoms with Crippen molar-refractivity contribution in [3.63, 3.8) is 0 Å². The summed E-state index contributed by atoms with van der Waals surface area (Å²) in [6.45, 7) is 0. The van der Waals surface area contributed by atoms with Crippen molar-refractivity contribution in [1.29, 1.82) is 0 Å². The molecule has 0 aliphatic carbocycles. The average Bonchev–Trinajstić information content (AvgIpc) is 2.50. The third-order valence-corrected chi connectivity index (χ3v) is 4.44. The van der Waals surface area contributed by atoms with Crippen molar-refractivity contribution in [3.05, 3.63) is 81.4 Å². The van der Waals surface area contributed by atoms with Gasteiger partial charge in [0.2, 0.25) is 0 Å². The number of aliphatic hydroxyl groups excluding tert-OH is 1. The standard InChI is InChI=1S/C19H17IO/c20-17-10-8-14(9-11-17)12-18(21)13-16-6-3-5-15-4-1-2-7-19(15)16/h1-11,18,21H,12-13H2. The fourth-order valence-corrected chi connectivity index (χ4v) is 3.05. The summed E-state index contributed by atoms with van der Waals surface area (Å²) < 4.78 is 1.22. The van der Waals surface area contributed by atoms with Crippen LogP contribution in [-0.2, 0) is 12.8 Å². The molecule has 0 radical (unpaired) electrons. The van der Waals surface area contributed by atoms with Crippen molar-refractivity contribution >= 4 is 33.4 Å². The highest BCUT2D eigenvalue weighted by molar-refractivity contribution is 14.1. The zero-order valence-corrected chi connectivity index (χ0v) is 13.8. The Balaban J connectivity index is 1.77. The van der Waals surface area contributed by atoms with Crippen molar-refractivity contribution in [2.45, 2.75) is 18.9 Å². The monoisotopic (exact) mass is 388 g/mol. The molecule has 0 aliphatic heterocycles. The second-order valence-electron chi connectivity index (χ2n) is 5.33. The van der Waals surface area contributed by atoms with Crippen LogP contribution in [0.5, 0.6) is 0 Å². The molecule has 0 bridgehead atoms. The topological polar surface area (TPSA) is 20.2 Å². The number of benzene rings is 3. The van der Waals surface area contributed by atoms with E-state index in [0.29, 0.717) is 12.8 Å². The number of fused-ring (bicyclic) bond motifs is 1. The van der Waals surface area contributed by atoms with Gasteiger partial charge in [-0.25, -0.2) is 0 Å². The second-order valence-corrected chi connectivity index (χ2v) is 6.57. The van der Waals surface area contributed by atoms with Gasteiger partial charge in [0.15, 0.2) is 0 Å². The van der Waals surface area contributed by atoms with Crippen molar-refractivity contribution in [2.75, 3.05) is 0 Å². The number of hydrogen-bond acceptors (Lipinski definition) is 1. The first kappa shape index (κ1) is 14.5. The third-order valence-electron chi connectivity index (χ3n) is 3.72. The molecule has 106 valence electrons. The molecule has 0 spiro atoms. The van der Waals surface area contributed by atoms with E-state index in [1.54, 1.807) is 0 Å². The van der Waals surface area contributed by atoms with Gasteiger partial charge in [0.05, 0.1) is 6.10 Å². The largest absolute Gasteiger partial charge is 0.392 e. The van der Waals surface area contributed by atoms with Crippen LogP contribution < -0.4 is 0 Å². The first-order valence-electron chi connectivity index (χ1n) is 7.11. The van der Waals surface area contributed by atoms with Crippen molar-refractivity contribution < 1.29 is 5.11 Å². The van der Waals surface area contributed by atoms with Crippen LogP contribution in [0.25, 0.3) is 10.8 Å². The molecule has 3 rings (SSSR count). The Labute approximate surface area is 138 Å². The maximum atomic E-state index is 10.4. The van der Waals surface area contributed by atoms with Crippen LogP contribution in [0.2, 0.25) is 0 Å². The normalized spacial score (nSPS) is 12.5. The summed E-state index contributed by atoms with van der Waals surface area (Å²) in [6.07, 6.45) is 1.03. The second kappa shape index (κ2) is 6.58. The number of rotatable bonds is 4. The Morgan fingerprint density at radius 3 is 2.33 bits per heavy atom. The Morgan fingerprint density at radius 1 is 0.810 bits per heavy atom. The van der Waals surface area contributed by atoms with E-state index in [0.717, 1.165) is 0 Å². The van der Waals surface area contributed by atoms with Crippen molar-refractivity contribution in [1.82, 2.24) is 0 Å². The molecule has 0 saturated heterocycles. The van der Waals surface area contributed by atoms with Gasteiger partial charge in [-0.05, 0) is 69.5 Å². The molecule has 0 aromatic heterocycles. The summed E-state index contributed by atoms with van der Waals surface area (Å²) in [5, 5.41) is 12.9. The minimum absolute atomic E-state index is 0.351. The molecular formula is C19H17IO. The van der Waals surface area contributed by atoms with E-state index in [1.807, 2.05) is 6.07 Å². The summed E-state index contributed by atoms with van der Waals surface area (Å²) in [6, 6.07) is 23.0. The predicted octanol–water partition coefficient (Wildman–Crippen LogP) is 4.59. The number of halogens is 1. The summed E-state index contributed by atoms with van der Waals surface area (Å²) in [4.78, 5) is 0. The van der Waals surface area contributed by atoms with Gasteiger partial charge in [0.1, 0.15) is 0 Å². The first-order valence-corrected chi connectivity index (χ1v) is 8.19. The molecule has 0 saturated carbocycles. The molecule has 3 aromatic rings. The molecule has 1 unspecified atom stereocenters. The lowest BCUT2D eigenvalue weighted by molar-refractivity contribution is 0.176. The van der Waals surface area contributed by atoms with Gasteiger partial charge in [0, 0.05) is 3.57 Å². The van der Waals surface area contributed by atoms with Crippen LogP contribution in [0.3, 0.4) is 0 Å². The van der Waals surface area contributed by atoms with Gasteiger partial charge >= 0.3 is 0 Å². The van der Waals surface area contributed by atoms with Crippen LogP contribution in [-0.4, -0.2) is 11.2 Å². The molecule has 2 heteroatoms. The summed E-state index contributed by atoms with van der Waals surface area (Å²) in [7, 11) is 0. The summed E-state index contributed by atoms with van der Waals surface area (Å²) in [5.74, 6) is 0. The van der Waals surface area contributed by atoms with Crippen LogP contribution >= 0.6 is 22.6 Å². The van der Waals surface area contributed by atoms with E-state index >= 15 is 0 Å². The quantitative estimate of drug-likeness (QED) is 0.649. The van der Waals surface area contributed by atoms with E-state index in [9.17, 15) is 5.11 Å². The molecule has 0 heterocycles. The smallest absolute Gasteiger partial charge is 0.0621 e. The van der Waals surface area contributed by atoms with E-state index < -0.39 is 0 Å². The lowest BCUT2D eigenvalue weighted by atomic mass is 9.97. The van der Waals surface area contributed by atoms with Crippen LogP contribution in [0.4, 0.5) is 0 Å². The highest BCUT2D eigenvalue weighted by Gasteiger charge is 2.09. The van der Waals surface area contributed by atoms with Gasteiger partial charge in [0.25, 0.3) is 0 Å². The molecule has 0 aliphatic rings. The molecule has 1 atom stereocenters. The molecule has 0 fully saturated rings. The first-order chi connectivity index (χ1) is 10.2. The molecule has 21 heavy (non-hydrogen) atoms. The number of hydrogen-bond donors (Lipinski definition) is 1. The Hall–Kier alpha value is -1.39. The van der Waals surface area contributed by atoms with Gasteiger partial charge < -0.3 is 5.11 Å². The van der Waals surface area contributed by atoms with Gasteiger partial charge in [-0.3, -0.25) is 0 Å². The Morgan fingerprint density at radius 2 is 1.52 bits per heavy atom. The minimum atomic E-state index is -0.351. The summed E-state index contributed by atoms with van der Waals surface area (Å²) >= 11 is 2.30. The number of aliphatic hydroxyl groups is 1. The van der Waals surface area contributed by atoms with E-state index in [2.05, 4.69) is 83.3 Å². The van der Waals surface area contributed by atoms with E-state index in [-0.39, 0.29) is 6.10 Å². The van der Waals surface area contributed by atoms with E-state index in [4.69, 9.17) is 0 Å². The Kier molecular flexibility index (Phi) is 4.56. The van der Waals surface area contributed by atoms with Crippen molar-refractivity contribution in [3.8, 4) is 0 Å². The highest BCUT2D eigenvalue weighted by Crippen LogP contribution is 2.20. The summed E-state index contributed by atoms with van der Waals surface area (Å²) in [5.41, 5.74) is 2.40. The third kappa shape index (κ3) is 3.63. The van der Waals surface area contributed by atoms with Gasteiger partial charge in [-0.15, -0.1) is 0 Å². The van der Waals surface area contributed by atoms with Gasteiger partial charge in [-0.1, -0.05) is 54.6 Å². The molecular weight excluding hydrogens is 371 g/mol. The van der Waals surface area contributed by atoms with E-state index in [1.165, 1.54) is 25.5 Å². The molecule has 0 amide bonds. The zero-order valence-electron chi connectivity index (χ0n) is 11.7. The fourth-order valence-electron chi connectivity index (χ4n) is 2.69. The van der Waals surface area contributed by atoms with Crippen LogP contribution in [0, 0.1) is 3.57 Å². The van der Waals surface area contributed by atoms with Crippen LogP contribution in [0.1, 0.15) is 11.1 Å². The maximum Gasteiger partial charge on any atom is 0.0621 e. The SMILES string of the molecule is OC(Cc1ccc(I)cc1)Cc1cccc2ccccc12. The average molecular weight is 388 g/mol. The lowest BCUT2D eigenvalue weighted by Crippen LogP contribution is -2.14. The molecule has 3 aromatic carbocycles. The minimum Gasteiger partial charge on any atom is -0.392 e. The van der Waals surface area contributed by atoms with Crippen LogP contribution in [0.15, 0.2) is 66.7 Å². The lowest BCUT2D eigenvalue weighted by Gasteiger charge is -2.13. The highest BCUT2D eigenvalue weighted by atomic mass is 127.